The SMILES string of the molecule is CSc1nc2nc(C)cc(OCC3CN(C(=O)CN(C)S(=O)(=O)c4ccccc4)CCO3)n2n1. The number of hydrogen-bond acceptors (Lipinski definition) is 9. The van der Waals surface area contributed by atoms with Gasteiger partial charge in [0.05, 0.1) is 24.6 Å². The molecule has 0 spiro atoms. The predicted octanol–water partition coefficient (Wildman–Crippen LogP) is 1.08. The predicted molar refractivity (Wildman–Crippen MR) is 125 cm³/mol. The molecule has 34 heavy (non-hydrogen) atoms. The summed E-state index contributed by atoms with van der Waals surface area (Å²) in [5, 5.41) is 4.96. The highest BCUT2D eigenvalue weighted by molar-refractivity contribution is 7.98. The minimum atomic E-state index is -3.75. The van der Waals surface area contributed by atoms with Gasteiger partial charge in [0.1, 0.15) is 12.7 Å². The van der Waals surface area contributed by atoms with E-state index in [1.165, 1.54) is 35.5 Å². The molecule has 3 aromatic rings. The Morgan fingerprint density at radius 1 is 1.29 bits per heavy atom. The van der Waals surface area contributed by atoms with Crippen LogP contribution in [0.3, 0.4) is 0 Å². The van der Waals surface area contributed by atoms with Crippen LogP contribution in [0.5, 0.6) is 5.88 Å². The fourth-order valence-corrected chi connectivity index (χ4v) is 4.98. The van der Waals surface area contributed by atoms with Crippen molar-refractivity contribution in [1.82, 2.24) is 28.8 Å². The number of amides is 1. The number of aromatic nitrogens is 4. The van der Waals surface area contributed by atoms with Gasteiger partial charge >= 0.3 is 0 Å². The molecule has 1 aromatic carbocycles. The summed E-state index contributed by atoms with van der Waals surface area (Å²) in [4.78, 5) is 23.3. The molecule has 1 aliphatic heterocycles. The lowest BCUT2D eigenvalue weighted by Gasteiger charge is -2.33. The van der Waals surface area contributed by atoms with Crippen LogP contribution in [-0.2, 0) is 19.6 Å². The zero-order valence-corrected chi connectivity index (χ0v) is 20.8. The van der Waals surface area contributed by atoms with Crippen LogP contribution in [0.4, 0.5) is 0 Å². The number of morpholine rings is 1. The van der Waals surface area contributed by atoms with Crippen LogP contribution >= 0.6 is 11.8 Å². The van der Waals surface area contributed by atoms with Crippen molar-refractivity contribution in [3.8, 4) is 5.88 Å². The van der Waals surface area contributed by atoms with Gasteiger partial charge in [0.25, 0.3) is 5.78 Å². The second-order valence-electron chi connectivity index (χ2n) is 7.76. The van der Waals surface area contributed by atoms with Gasteiger partial charge in [0.2, 0.25) is 27.0 Å². The zero-order valence-electron chi connectivity index (χ0n) is 19.1. The lowest BCUT2D eigenvalue weighted by atomic mass is 10.3. The lowest BCUT2D eigenvalue weighted by Crippen LogP contribution is -2.50. The van der Waals surface area contributed by atoms with Crippen molar-refractivity contribution >= 4 is 33.5 Å². The standard InChI is InChI=1S/C21H26N6O5S2/c1-15-11-19(27-20(22-15)23-21(24-27)33-3)32-14-16-12-26(9-10-31-16)18(28)13-25(2)34(29,30)17-7-5-4-6-8-17/h4-8,11,16H,9-10,12-14H2,1-3H3. The molecule has 2 aromatic heterocycles. The number of hydrogen-bond donors (Lipinski definition) is 0. The van der Waals surface area contributed by atoms with E-state index < -0.39 is 10.0 Å². The molecule has 1 atom stereocenters. The molecule has 3 heterocycles. The van der Waals surface area contributed by atoms with Crippen molar-refractivity contribution in [2.75, 3.05) is 46.2 Å². The summed E-state index contributed by atoms with van der Waals surface area (Å²) in [5.41, 5.74) is 0.742. The molecular weight excluding hydrogens is 480 g/mol. The fourth-order valence-electron chi connectivity index (χ4n) is 3.50. The molecule has 4 rings (SSSR count). The number of carbonyl (C=O) groups excluding carboxylic acids is 1. The van der Waals surface area contributed by atoms with Crippen molar-refractivity contribution in [3.05, 3.63) is 42.1 Å². The Hall–Kier alpha value is -2.74. The molecule has 182 valence electrons. The first-order chi connectivity index (χ1) is 16.3. The van der Waals surface area contributed by atoms with Crippen molar-refractivity contribution in [2.24, 2.45) is 0 Å². The van der Waals surface area contributed by atoms with Crippen LogP contribution < -0.4 is 4.74 Å². The van der Waals surface area contributed by atoms with Crippen molar-refractivity contribution in [2.45, 2.75) is 23.1 Å². The second kappa shape index (κ2) is 10.3. The van der Waals surface area contributed by atoms with Gasteiger partial charge in [-0.25, -0.2) is 13.4 Å². The smallest absolute Gasteiger partial charge is 0.256 e. The molecule has 1 aliphatic rings. The number of fused-ring (bicyclic) bond motifs is 1. The fraction of sp³-hybridized carbons (Fsp3) is 0.429. The van der Waals surface area contributed by atoms with Gasteiger partial charge in [-0.05, 0) is 25.3 Å². The molecule has 1 fully saturated rings. The van der Waals surface area contributed by atoms with Gasteiger partial charge < -0.3 is 14.4 Å². The highest BCUT2D eigenvalue weighted by Gasteiger charge is 2.29. The van der Waals surface area contributed by atoms with E-state index in [0.29, 0.717) is 36.5 Å². The van der Waals surface area contributed by atoms with Crippen molar-refractivity contribution < 1.29 is 22.7 Å². The number of sulfonamides is 1. The third-order valence-corrected chi connectivity index (χ3v) is 7.64. The molecule has 0 radical (unpaired) electrons. The maximum Gasteiger partial charge on any atom is 0.256 e. The quantitative estimate of drug-likeness (QED) is 0.413. The number of carbonyl (C=O) groups is 1. The number of likely N-dealkylation sites (N-methyl/N-ethyl adjacent to an activating group) is 1. The third-order valence-electron chi connectivity index (χ3n) is 5.29. The monoisotopic (exact) mass is 506 g/mol. The lowest BCUT2D eigenvalue weighted by molar-refractivity contribution is -0.139. The number of rotatable bonds is 8. The number of nitrogens with zero attached hydrogens (tertiary/aromatic N) is 6. The Morgan fingerprint density at radius 3 is 2.79 bits per heavy atom. The summed E-state index contributed by atoms with van der Waals surface area (Å²) in [5.74, 6) is 0.637. The summed E-state index contributed by atoms with van der Waals surface area (Å²) in [6.45, 7) is 2.78. The highest BCUT2D eigenvalue weighted by atomic mass is 32.2. The van der Waals surface area contributed by atoms with Gasteiger partial charge in [-0.3, -0.25) is 4.79 Å². The number of thioether (sulfide) groups is 1. The van der Waals surface area contributed by atoms with Crippen LogP contribution in [0.15, 0.2) is 46.5 Å². The van der Waals surface area contributed by atoms with Crippen LogP contribution in [0, 0.1) is 6.92 Å². The van der Waals surface area contributed by atoms with E-state index in [9.17, 15) is 13.2 Å². The van der Waals surface area contributed by atoms with Crippen LogP contribution in [0.1, 0.15) is 5.69 Å². The molecule has 0 N–H and O–H groups in total. The molecule has 11 nitrogen and oxygen atoms in total. The number of ether oxygens (including phenoxy) is 2. The van der Waals surface area contributed by atoms with E-state index in [1.54, 1.807) is 29.2 Å². The molecule has 1 amide bonds. The third kappa shape index (κ3) is 5.32. The van der Waals surface area contributed by atoms with Gasteiger partial charge in [0.15, 0.2) is 0 Å². The van der Waals surface area contributed by atoms with Gasteiger partial charge in [0, 0.05) is 25.4 Å². The molecule has 0 bridgehead atoms. The minimum Gasteiger partial charge on any atom is -0.475 e. The molecule has 0 saturated carbocycles. The average molecular weight is 507 g/mol. The van der Waals surface area contributed by atoms with E-state index in [-0.39, 0.29) is 30.1 Å². The average Bonchev–Trinajstić information content (AvgIpc) is 3.26. The Balaban J connectivity index is 1.38. The highest BCUT2D eigenvalue weighted by Crippen LogP contribution is 2.19. The van der Waals surface area contributed by atoms with E-state index >= 15 is 0 Å². The van der Waals surface area contributed by atoms with E-state index in [2.05, 4.69) is 15.1 Å². The summed E-state index contributed by atoms with van der Waals surface area (Å²) in [6.07, 6.45) is 1.51. The summed E-state index contributed by atoms with van der Waals surface area (Å²) in [6, 6.07) is 9.81. The minimum absolute atomic E-state index is 0.148. The molecule has 0 aliphatic carbocycles. The van der Waals surface area contributed by atoms with Crippen LogP contribution in [0.25, 0.3) is 5.78 Å². The maximum atomic E-state index is 12.9. The summed E-state index contributed by atoms with van der Waals surface area (Å²) < 4.78 is 39.8. The Kier molecular flexibility index (Phi) is 7.36. The largest absolute Gasteiger partial charge is 0.475 e. The van der Waals surface area contributed by atoms with E-state index in [1.807, 2.05) is 13.2 Å². The number of aryl methyl sites for hydroxylation is 1. The maximum absolute atomic E-state index is 12.9. The summed E-state index contributed by atoms with van der Waals surface area (Å²) >= 11 is 1.41. The Bertz CT molecular complexity index is 1270. The molecule has 13 heteroatoms. The Morgan fingerprint density at radius 2 is 2.06 bits per heavy atom. The van der Waals surface area contributed by atoms with Gasteiger partial charge in [-0.1, -0.05) is 30.0 Å². The topological polar surface area (TPSA) is 119 Å². The van der Waals surface area contributed by atoms with Crippen LogP contribution in [-0.4, -0.2) is 95.4 Å². The van der Waals surface area contributed by atoms with Crippen molar-refractivity contribution in [1.29, 1.82) is 0 Å². The first-order valence-corrected chi connectivity index (χ1v) is 13.3. The Labute approximate surface area is 202 Å². The first-order valence-electron chi connectivity index (χ1n) is 10.6. The van der Waals surface area contributed by atoms with Gasteiger partial charge in [-0.2, -0.15) is 13.8 Å². The van der Waals surface area contributed by atoms with Gasteiger partial charge in [-0.15, -0.1) is 5.10 Å². The van der Waals surface area contributed by atoms with E-state index in [0.717, 1.165) is 10.00 Å². The number of benzene rings is 1. The van der Waals surface area contributed by atoms with E-state index in [4.69, 9.17) is 9.47 Å². The van der Waals surface area contributed by atoms with Crippen LogP contribution in [0.2, 0.25) is 0 Å². The normalized spacial score (nSPS) is 16.8. The molecule has 1 unspecified atom stereocenters. The van der Waals surface area contributed by atoms with Crippen molar-refractivity contribution in [3.63, 3.8) is 0 Å². The zero-order chi connectivity index (χ0) is 24.3. The molecule has 1 saturated heterocycles. The summed E-state index contributed by atoms with van der Waals surface area (Å²) in [7, 11) is -2.35. The second-order valence-corrected chi connectivity index (χ2v) is 10.6. The molecular formula is C21H26N6O5S2. The first kappa shape index (κ1) is 24.4.